The molecule has 3 aromatic heterocycles. The molecule has 0 unspecified atom stereocenters. The Labute approximate surface area is 175 Å². The van der Waals surface area contributed by atoms with Gasteiger partial charge in [0.1, 0.15) is 10.7 Å². The van der Waals surface area contributed by atoms with Crippen LogP contribution in [0.1, 0.15) is 28.7 Å². The molecule has 0 saturated carbocycles. The molecule has 7 nitrogen and oxygen atoms in total. The zero-order valence-corrected chi connectivity index (χ0v) is 16.7. The summed E-state index contributed by atoms with van der Waals surface area (Å²) in [6.07, 6.45) is -8.26. The minimum atomic E-state index is -4.79. The van der Waals surface area contributed by atoms with Crippen LogP contribution < -0.4 is 10.6 Å². The fraction of sp³-hybridized carbons (Fsp3) is 0.294. The van der Waals surface area contributed by atoms with Crippen molar-refractivity contribution in [1.82, 2.24) is 19.6 Å². The Kier molecular flexibility index (Phi) is 6.02. The molecule has 31 heavy (non-hydrogen) atoms. The maximum atomic E-state index is 13.0. The molecule has 0 aliphatic heterocycles. The van der Waals surface area contributed by atoms with Crippen LogP contribution >= 0.6 is 11.8 Å². The molecule has 3 heterocycles. The van der Waals surface area contributed by atoms with Crippen molar-refractivity contribution >= 4 is 34.8 Å². The van der Waals surface area contributed by atoms with Crippen molar-refractivity contribution in [2.75, 3.05) is 23.4 Å². The number of pyridine rings is 1. The molecule has 3 aromatic rings. The van der Waals surface area contributed by atoms with Crippen LogP contribution in [0.3, 0.4) is 0 Å². The van der Waals surface area contributed by atoms with Crippen molar-refractivity contribution in [3.63, 3.8) is 0 Å². The van der Waals surface area contributed by atoms with Gasteiger partial charge in [0.05, 0.1) is 11.3 Å². The Balaban J connectivity index is 2.05. The number of hydrogen-bond donors (Lipinski definition) is 2. The van der Waals surface area contributed by atoms with Crippen LogP contribution in [0.15, 0.2) is 29.4 Å². The molecule has 0 fully saturated rings. The van der Waals surface area contributed by atoms with Crippen LogP contribution in [0.2, 0.25) is 0 Å². The lowest BCUT2D eigenvalue weighted by Crippen LogP contribution is -2.18. The van der Waals surface area contributed by atoms with E-state index in [1.54, 1.807) is 6.92 Å². The molecule has 166 valence electrons. The number of aromatic nitrogens is 4. The van der Waals surface area contributed by atoms with Crippen molar-refractivity contribution in [2.24, 2.45) is 0 Å². The maximum absolute atomic E-state index is 13.0. The van der Waals surface area contributed by atoms with Crippen LogP contribution in [0, 0.1) is 0 Å². The summed E-state index contributed by atoms with van der Waals surface area (Å²) in [6, 6.07) is 2.23. The van der Waals surface area contributed by atoms with Crippen molar-refractivity contribution in [1.29, 1.82) is 0 Å². The van der Waals surface area contributed by atoms with Gasteiger partial charge in [-0.1, -0.05) is 6.92 Å². The Morgan fingerprint density at radius 3 is 2.42 bits per heavy atom. The molecular weight excluding hydrogens is 450 g/mol. The van der Waals surface area contributed by atoms with E-state index >= 15 is 0 Å². The first-order valence-electron chi connectivity index (χ1n) is 8.61. The highest BCUT2D eigenvalue weighted by Gasteiger charge is 2.35. The number of halogens is 6. The minimum Gasteiger partial charge on any atom is -0.370 e. The van der Waals surface area contributed by atoms with E-state index in [1.165, 1.54) is 11.4 Å². The van der Waals surface area contributed by atoms with E-state index in [0.29, 0.717) is 11.8 Å². The summed E-state index contributed by atoms with van der Waals surface area (Å²) in [5.74, 6) is -0.577. The number of amides is 1. The zero-order valence-electron chi connectivity index (χ0n) is 15.9. The van der Waals surface area contributed by atoms with Gasteiger partial charge in [0.15, 0.2) is 17.2 Å². The fourth-order valence-electron chi connectivity index (χ4n) is 2.61. The van der Waals surface area contributed by atoms with Crippen molar-refractivity contribution in [2.45, 2.75) is 24.3 Å². The lowest BCUT2D eigenvalue weighted by atomic mass is 10.2. The number of carbonyl (C=O) groups excluding carboxylic acids is 1. The number of nitrogens with zero attached hydrogens (tertiary/aromatic N) is 4. The van der Waals surface area contributed by atoms with Gasteiger partial charge in [0.2, 0.25) is 0 Å². The summed E-state index contributed by atoms with van der Waals surface area (Å²) in [5, 5.41) is 11.5. The second kappa shape index (κ2) is 8.24. The highest BCUT2D eigenvalue weighted by Crippen LogP contribution is 2.33. The largest absolute Gasteiger partial charge is 0.435 e. The summed E-state index contributed by atoms with van der Waals surface area (Å²) >= 11 is 1.14. The van der Waals surface area contributed by atoms with E-state index in [2.05, 4.69) is 25.8 Å². The Morgan fingerprint density at radius 1 is 1.13 bits per heavy atom. The topological polar surface area (TPSA) is 84.2 Å². The second-order valence-corrected chi connectivity index (χ2v) is 7.29. The lowest BCUT2D eigenvalue weighted by molar-refractivity contribution is -0.141. The van der Waals surface area contributed by atoms with E-state index < -0.39 is 29.5 Å². The van der Waals surface area contributed by atoms with Gasteiger partial charge in [-0.2, -0.15) is 26.3 Å². The first-order chi connectivity index (χ1) is 14.5. The monoisotopic (exact) mass is 464 g/mol. The number of hydrogen-bond acceptors (Lipinski definition) is 6. The number of imidazole rings is 1. The molecule has 3 rings (SSSR count). The zero-order chi connectivity index (χ0) is 23.0. The number of thioether (sulfide) groups is 1. The van der Waals surface area contributed by atoms with E-state index in [1.807, 2.05) is 0 Å². The average Bonchev–Trinajstić information content (AvgIpc) is 3.05. The van der Waals surface area contributed by atoms with Gasteiger partial charge in [0.25, 0.3) is 5.91 Å². The highest BCUT2D eigenvalue weighted by atomic mass is 32.2. The molecule has 14 heteroatoms. The molecule has 1 amide bonds. The number of rotatable bonds is 5. The third-order valence-corrected chi connectivity index (χ3v) is 4.93. The fourth-order valence-corrected chi connectivity index (χ4v) is 3.45. The van der Waals surface area contributed by atoms with Crippen molar-refractivity contribution < 1.29 is 31.1 Å². The smallest absolute Gasteiger partial charge is 0.370 e. The summed E-state index contributed by atoms with van der Waals surface area (Å²) in [6.45, 7) is 1.76. The number of fused-ring (bicyclic) bond motifs is 1. The van der Waals surface area contributed by atoms with Crippen molar-refractivity contribution in [3.05, 3.63) is 41.3 Å². The van der Waals surface area contributed by atoms with Gasteiger partial charge >= 0.3 is 12.4 Å². The van der Waals surface area contributed by atoms with Crippen LogP contribution in [-0.4, -0.2) is 38.3 Å². The normalized spacial score (nSPS) is 12.3. The Morgan fingerprint density at radius 2 is 1.84 bits per heavy atom. The van der Waals surface area contributed by atoms with Crippen molar-refractivity contribution in [3.8, 4) is 0 Å². The molecule has 0 spiro atoms. The first kappa shape index (κ1) is 22.7. The first-order valence-corrected chi connectivity index (χ1v) is 9.60. The van der Waals surface area contributed by atoms with Crippen LogP contribution in [0.25, 0.3) is 5.65 Å². The number of anilines is 2. The summed E-state index contributed by atoms with van der Waals surface area (Å²) < 4.78 is 79.2. The molecule has 0 radical (unpaired) electrons. The van der Waals surface area contributed by atoms with Crippen LogP contribution in [0.5, 0.6) is 0 Å². The van der Waals surface area contributed by atoms with E-state index in [4.69, 9.17) is 0 Å². The lowest BCUT2D eigenvalue weighted by Gasteiger charge is -2.12. The number of alkyl halides is 6. The summed E-state index contributed by atoms with van der Waals surface area (Å²) in [5.41, 5.74) is -2.95. The van der Waals surface area contributed by atoms with Gasteiger partial charge in [-0.05, 0) is 24.0 Å². The molecule has 0 aliphatic rings. The Hall–Kier alpha value is -3.03. The van der Waals surface area contributed by atoms with E-state index in [-0.39, 0.29) is 27.9 Å². The Bertz CT molecular complexity index is 1130. The summed E-state index contributed by atoms with van der Waals surface area (Å²) in [4.78, 5) is 16.8. The minimum absolute atomic E-state index is 0.130. The molecular formula is C17H14F6N6OS. The standard InChI is InChI=1S/C17H14F6N6OS/c1-3-31-15-12(26-11-6-8(16(18,19)20)4-5-29(11)15)14(30)25-9-7-10(17(21,22)23)27-28-13(9)24-2/h4-7H,3H2,1-2H3,(H,24,28)(H,25,27,30). The average molecular weight is 464 g/mol. The van der Waals surface area contributed by atoms with Gasteiger partial charge < -0.3 is 10.6 Å². The molecule has 0 aliphatic carbocycles. The summed E-state index contributed by atoms with van der Waals surface area (Å²) in [7, 11) is 1.37. The molecule has 0 aromatic carbocycles. The number of carbonyl (C=O) groups is 1. The van der Waals surface area contributed by atoms with Gasteiger partial charge in [-0.25, -0.2) is 4.98 Å². The quantitative estimate of drug-likeness (QED) is 0.425. The van der Waals surface area contributed by atoms with Gasteiger partial charge in [-0.15, -0.1) is 22.0 Å². The maximum Gasteiger partial charge on any atom is 0.435 e. The van der Waals surface area contributed by atoms with E-state index in [9.17, 15) is 31.1 Å². The SMILES string of the molecule is CCSc1c(C(=O)Nc2cc(C(F)(F)F)nnc2NC)nc2cc(C(F)(F)F)ccn12. The molecule has 0 bridgehead atoms. The molecule has 0 atom stereocenters. The second-order valence-electron chi connectivity index (χ2n) is 6.03. The van der Waals surface area contributed by atoms with Gasteiger partial charge in [-0.3, -0.25) is 9.20 Å². The number of nitrogens with one attached hydrogen (secondary N) is 2. The van der Waals surface area contributed by atoms with Crippen LogP contribution in [-0.2, 0) is 12.4 Å². The molecule has 0 saturated heterocycles. The predicted molar refractivity (Wildman–Crippen MR) is 101 cm³/mol. The molecule has 2 N–H and O–H groups in total. The third-order valence-electron chi connectivity index (χ3n) is 3.98. The van der Waals surface area contributed by atoms with E-state index in [0.717, 1.165) is 30.1 Å². The predicted octanol–water partition coefficient (Wildman–Crippen LogP) is 4.57. The van der Waals surface area contributed by atoms with Crippen LogP contribution in [0.4, 0.5) is 37.8 Å². The van der Waals surface area contributed by atoms with Gasteiger partial charge in [0, 0.05) is 13.2 Å². The highest BCUT2D eigenvalue weighted by molar-refractivity contribution is 7.99. The third kappa shape index (κ3) is 4.68.